The van der Waals surface area contributed by atoms with Gasteiger partial charge < -0.3 is 15.0 Å². The Morgan fingerprint density at radius 2 is 1.93 bits per heavy atom. The first-order chi connectivity index (χ1) is 14.2. The number of likely N-dealkylation sites (tertiary alicyclic amines) is 1. The Morgan fingerprint density at radius 3 is 2.72 bits per heavy atom. The molecule has 1 atom stereocenters. The number of tetrazole rings is 1. The van der Waals surface area contributed by atoms with E-state index in [-0.39, 0.29) is 24.6 Å². The van der Waals surface area contributed by atoms with Gasteiger partial charge in [0.1, 0.15) is 6.61 Å². The molecule has 9 heteroatoms. The Labute approximate surface area is 167 Å². The normalized spacial score (nSPS) is 15.9. The molecule has 3 aromatic rings. The molecule has 9 nitrogen and oxygen atoms in total. The highest BCUT2D eigenvalue weighted by Crippen LogP contribution is 2.20. The van der Waals surface area contributed by atoms with E-state index in [9.17, 15) is 9.59 Å². The number of aromatic amines is 1. The van der Waals surface area contributed by atoms with Crippen LogP contribution in [0.4, 0.5) is 4.79 Å². The van der Waals surface area contributed by atoms with Gasteiger partial charge in [-0.05, 0) is 23.3 Å². The van der Waals surface area contributed by atoms with E-state index in [0.29, 0.717) is 36.5 Å². The van der Waals surface area contributed by atoms with E-state index in [4.69, 9.17) is 4.74 Å². The third-order valence-electron chi connectivity index (χ3n) is 4.74. The van der Waals surface area contributed by atoms with Crippen molar-refractivity contribution >= 4 is 12.0 Å². The average Bonchev–Trinajstić information content (AvgIpc) is 3.45. The minimum absolute atomic E-state index is 0.148. The van der Waals surface area contributed by atoms with Gasteiger partial charge in [0.05, 0.1) is 5.56 Å². The maximum Gasteiger partial charge on any atom is 0.410 e. The highest BCUT2D eigenvalue weighted by Gasteiger charge is 2.29. The van der Waals surface area contributed by atoms with Crippen molar-refractivity contribution < 1.29 is 14.3 Å². The van der Waals surface area contributed by atoms with E-state index >= 15 is 0 Å². The van der Waals surface area contributed by atoms with Crippen LogP contribution in [0.5, 0.6) is 0 Å². The van der Waals surface area contributed by atoms with E-state index in [1.807, 2.05) is 36.4 Å². The van der Waals surface area contributed by atoms with Gasteiger partial charge in [0, 0.05) is 24.7 Å². The first-order valence-corrected chi connectivity index (χ1v) is 9.30. The molecule has 2 aromatic carbocycles. The molecule has 29 heavy (non-hydrogen) atoms. The third-order valence-corrected chi connectivity index (χ3v) is 4.74. The van der Waals surface area contributed by atoms with E-state index in [1.165, 1.54) is 0 Å². The maximum atomic E-state index is 12.8. The molecule has 0 saturated carbocycles. The molecule has 0 aliphatic carbocycles. The van der Waals surface area contributed by atoms with Crippen LogP contribution in [0.2, 0.25) is 0 Å². The van der Waals surface area contributed by atoms with E-state index in [2.05, 4.69) is 25.9 Å². The standard InChI is InChI=1S/C20H20N6O3/c27-19(17-9-5-4-8-16(17)18-22-24-25-23-18)21-15-10-11-26(12-15)20(28)29-13-14-6-2-1-3-7-14/h1-9,15H,10-13H2,(H,21,27)(H,22,23,24,25)/t15-/m1/s1. The number of carbonyl (C=O) groups is 2. The van der Waals surface area contributed by atoms with Crippen LogP contribution in [0.3, 0.4) is 0 Å². The van der Waals surface area contributed by atoms with Gasteiger partial charge in [0.15, 0.2) is 0 Å². The van der Waals surface area contributed by atoms with Crippen LogP contribution in [-0.2, 0) is 11.3 Å². The molecular weight excluding hydrogens is 372 g/mol. The minimum atomic E-state index is -0.377. The summed E-state index contributed by atoms with van der Waals surface area (Å²) < 4.78 is 5.37. The quantitative estimate of drug-likeness (QED) is 0.687. The molecule has 2 heterocycles. The summed E-state index contributed by atoms with van der Waals surface area (Å²) in [6, 6.07) is 16.4. The Morgan fingerprint density at radius 1 is 1.14 bits per heavy atom. The van der Waals surface area contributed by atoms with Gasteiger partial charge in [-0.2, -0.15) is 5.21 Å². The predicted molar refractivity (Wildman–Crippen MR) is 104 cm³/mol. The van der Waals surface area contributed by atoms with Gasteiger partial charge in [-0.25, -0.2) is 4.79 Å². The average molecular weight is 392 g/mol. The molecule has 1 aliphatic rings. The monoisotopic (exact) mass is 392 g/mol. The van der Waals surface area contributed by atoms with Crippen LogP contribution in [0.15, 0.2) is 54.6 Å². The summed E-state index contributed by atoms with van der Waals surface area (Å²) in [5, 5.41) is 16.8. The summed E-state index contributed by atoms with van der Waals surface area (Å²) in [6.07, 6.45) is 0.286. The molecule has 0 radical (unpaired) electrons. The van der Waals surface area contributed by atoms with Crippen LogP contribution < -0.4 is 5.32 Å². The van der Waals surface area contributed by atoms with Crippen molar-refractivity contribution in [1.82, 2.24) is 30.8 Å². The van der Waals surface area contributed by atoms with Crippen molar-refractivity contribution in [2.24, 2.45) is 0 Å². The van der Waals surface area contributed by atoms with E-state index < -0.39 is 0 Å². The smallest absolute Gasteiger partial charge is 0.410 e. The van der Waals surface area contributed by atoms with E-state index in [0.717, 1.165) is 5.56 Å². The van der Waals surface area contributed by atoms with Gasteiger partial charge in [-0.1, -0.05) is 48.5 Å². The Bertz CT molecular complexity index is 977. The highest BCUT2D eigenvalue weighted by molar-refractivity contribution is 6.00. The van der Waals surface area contributed by atoms with Crippen molar-refractivity contribution in [2.75, 3.05) is 13.1 Å². The predicted octanol–water partition coefficient (Wildman–Crippen LogP) is 2.01. The van der Waals surface area contributed by atoms with Crippen molar-refractivity contribution in [3.8, 4) is 11.4 Å². The van der Waals surface area contributed by atoms with E-state index in [1.54, 1.807) is 23.1 Å². The molecule has 1 aliphatic heterocycles. The molecule has 0 bridgehead atoms. The van der Waals surface area contributed by atoms with Crippen molar-refractivity contribution in [3.63, 3.8) is 0 Å². The fourth-order valence-electron chi connectivity index (χ4n) is 3.27. The lowest BCUT2D eigenvalue weighted by Crippen LogP contribution is -2.38. The number of nitrogens with zero attached hydrogens (tertiary/aromatic N) is 4. The Balaban J connectivity index is 1.33. The second-order valence-corrected chi connectivity index (χ2v) is 6.73. The van der Waals surface area contributed by atoms with Crippen LogP contribution in [-0.4, -0.2) is 56.7 Å². The number of H-pyrrole nitrogens is 1. The number of hydrogen-bond donors (Lipinski definition) is 2. The largest absolute Gasteiger partial charge is 0.445 e. The second kappa shape index (κ2) is 8.51. The summed E-state index contributed by atoms with van der Waals surface area (Å²) in [4.78, 5) is 26.7. The lowest BCUT2D eigenvalue weighted by atomic mass is 10.1. The SMILES string of the molecule is O=C(N[C@@H]1CCN(C(=O)OCc2ccccc2)C1)c1ccccc1-c1nn[nH]n1. The minimum Gasteiger partial charge on any atom is -0.445 e. The van der Waals surface area contributed by atoms with Crippen LogP contribution >= 0.6 is 0 Å². The number of rotatable bonds is 5. The maximum absolute atomic E-state index is 12.8. The van der Waals surface area contributed by atoms with Crippen molar-refractivity contribution in [2.45, 2.75) is 19.1 Å². The van der Waals surface area contributed by atoms with Gasteiger partial charge >= 0.3 is 6.09 Å². The van der Waals surface area contributed by atoms with Crippen LogP contribution in [0.1, 0.15) is 22.3 Å². The summed E-state index contributed by atoms with van der Waals surface area (Å²) >= 11 is 0. The zero-order valence-corrected chi connectivity index (χ0v) is 15.6. The molecule has 2 amide bonds. The number of nitrogens with one attached hydrogen (secondary N) is 2. The zero-order chi connectivity index (χ0) is 20.1. The summed E-state index contributed by atoms with van der Waals surface area (Å²) in [6.45, 7) is 1.17. The topological polar surface area (TPSA) is 113 Å². The first kappa shape index (κ1) is 18.6. The second-order valence-electron chi connectivity index (χ2n) is 6.73. The van der Waals surface area contributed by atoms with Crippen molar-refractivity contribution in [1.29, 1.82) is 0 Å². The molecular formula is C20H20N6O3. The number of amides is 2. The highest BCUT2D eigenvalue weighted by atomic mass is 16.6. The summed E-state index contributed by atoms with van der Waals surface area (Å²) in [5.41, 5.74) is 1.98. The number of hydrogen-bond acceptors (Lipinski definition) is 6. The molecule has 0 spiro atoms. The van der Waals surface area contributed by atoms with Gasteiger partial charge in [-0.3, -0.25) is 4.79 Å². The summed E-state index contributed by atoms with van der Waals surface area (Å²) in [5.74, 6) is 0.114. The molecule has 0 unspecified atom stereocenters. The number of ether oxygens (including phenoxy) is 1. The molecule has 1 fully saturated rings. The fourth-order valence-corrected chi connectivity index (χ4v) is 3.27. The third kappa shape index (κ3) is 4.40. The number of benzene rings is 2. The van der Waals surface area contributed by atoms with Gasteiger partial charge in [0.2, 0.25) is 5.82 Å². The zero-order valence-electron chi connectivity index (χ0n) is 15.6. The van der Waals surface area contributed by atoms with Gasteiger partial charge in [0.25, 0.3) is 5.91 Å². The summed E-state index contributed by atoms with van der Waals surface area (Å²) in [7, 11) is 0. The first-order valence-electron chi connectivity index (χ1n) is 9.30. The Kier molecular flexibility index (Phi) is 5.46. The fraction of sp³-hybridized carbons (Fsp3) is 0.250. The Hall–Kier alpha value is -3.75. The van der Waals surface area contributed by atoms with Crippen LogP contribution in [0.25, 0.3) is 11.4 Å². The molecule has 148 valence electrons. The van der Waals surface area contributed by atoms with Gasteiger partial charge in [-0.15, -0.1) is 10.2 Å². The van der Waals surface area contributed by atoms with Crippen LogP contribution in [0, 0.1) is 0 Å². The molecule has 1 saturated heterocycles. The number of aromatic nitrogens is 4. The molecule has 4 rings (SSSR count). The molecule has 1 aromatic heterocycles. The van der Waals surface area contributed by atoms with Crippen molar-refractivity contribution in [3.05, 3.63) is 65.7 Å². The lowest BCUT2D eigenvalue weighted by molar-refractivity contribution is 0.0922. The lowest BCUT2D eigenvalue weighted by Gasteiger charge is -2.17. The molecule has 2 N–H and O–H groups in total. The number of carbonyl (C=O) groups excluding carboxylic acids is 2.